The Kier molecular flexibility index (Phi) is 9.62. The number of carbonyl (C=O) groups excluding carboxylic acids is 2. The minimum absolute atomic E-state index is 0.0327. The SMILES string of the molecule is CC[C@H](Nc1cc(C(F)F)c(C(=S)C(/N=C(\C)C(=O)N[C@H]2CC[C@H](O)C2)C(=O)N2C3CCC2CC3)cn1)C(F)(F)F. The van der Waals surface area contributed by atoms with E-state index in [0.29, 0.717) is 19.3 Å². The van der Waals surface area contributed by atoms with Crippen LogP contribution in [-0.2, 0) is 9.59 Å². The summed E-state index contributed by atoms with van der Waals surface area (Å²) in [6, 6.07) is -3.01. The Hall–Kier alpha value is -2.74. The maximum absolute atomic E-state index is 14.2. The second-order valence-corrected chi connectivity index (χ2v) is 11.4. The summed E-state index contributed by atoms with van der Waals surface area (Å²) < 4.78 is 68.2. The number of anilines is 1. The van der Waals surface area contributed by atoms with Gasteiger partial charge in [0, 0.05) is 35.4 Å². The first-order chi connectivity index (χ1) is 19.3. The summed E-state index contributed by atoms with van der Waals surface area (Å²) in [5, 5.41) is 14.7. The van der Waals surface area contributed by atoms with Gasteiger partial charge in [-0.15, -0.1) is 0 Å². The van der Waals surface area contributed by atoms with Crippen LogP contribution < -0.4 is 10.6 Å². The third-order valence-corrected chi connectivity index (χ3v) is 8.59. The molecule has 2 amide bonds. The Bertz CT molecular complexity index is 1180. The molecule has 4 rings (SSSR count). The molecule has 0 radical (unpaired) electrons. The summed E-state index contributed by atoms with van der Waals surface area (Å²) in [5.41, 5.74) is -1.07. The predicted octanol–water partition coefficient (Wildman–Crippen LogP) is 4.50. The molecule has 1 aliphatic carbocycles. The van der Waals surface area contributed by atoms with E-state index in [4.69, 9.17) is 12.2 Å². The van der Waals surface area contributed by atoms with Gasteiger partial charge < -0.3 is 20.6 Å². The number of aromatic nitrogens is 1. The molecular weight excluding hydrogens is 569 g/mol. The number of aliphatic imine (C=N–C) groups is 1. The van der Waals surface area contributed by atoms with Crippen LogP contribution in [-0.4, -0.2) is 79.9 Å². The number of fused-ring (bicyclic) bond motifs is 2. The molecule has 3 heterocycles. The molecule has 8 nitrogen and oxygen atoms in total. The number of pyridine rings is 1. The minimum atomic E-state index is -4.62. The van der Waals surface area contributed by atoms with Gasteiger partial charge >= 0.3 is 6.18 Å². The molecule has 1 unspecified atom stereocenters. The fraction of sp³-hybridized carbons (Fsp3) is 0.667. The van der Waals surface area contributed by atoms with Crippen LogP contribution in [0.3, 0.4) is 0 Å². The Morgan fingerprint density at radius 3 is 2.32 bits per heavy atom. The van der Waals surface area contributed by atoms with Crippen LogP contribution in [0.1, 0.15) is 82.8 Å². The maximum atomic E-state index is 14.2. The zero-order valence-electron chi connectivity index (χ0n) is 22.8. The van der Waals surface area contributed by atoms with Crippen molar-refractivity contribution in [1.29, 1.82) is 0 Å². The number of halogens is 5. The highest BCUT2D eigenvalue weighted by atomic mass is 32.1. The van der Waals surface area contributed by atoms with Gasteiger partial charge in [0.2, 0.25) is 0 Å². The van der Waals surface area contributed by atoms with Gasteiger partial charge in [0.15, 0.2) is 6.04 Å². The number of nitrogens with one attached hydrogen (secondary N) is 2. The van der Waals surface area contributed by atoms with Crippen LogP contribution in [0.15, 0.2) is 17.3 Å². The smallest absolute Gasteiger partial charge is 0.393 e. The van der Waals surface area contributed by atoms with E-state index in [1.165, 1.54) is 13.8 Å². The van der Waals surface area contributed by atoms with Crippen molar-refractivity contribution in [2.24, 2.45) is 4.99 Å². The van der Waals surface area contributed by atoms with Crippen molar-refractivity contribution in [2.75, 3.05) is 5.32 Å². The molecule has 3 N–H and O–H groups in total. The first-order valence-electron chi connectivity index (χ1n) is 13.8. The van der Waals surface area contributed by atoms with Crippen molar-refractivity contribution < 1.29 is 36.6 Å². The number of carbonyl (C=O) groups is 2. The lowest BCUT2D eigenvalue weighted by atomic mass is 10.0. The van der Waals surface area contributed by atoms with Crippen molar-refractivity contribution in [3.8, 4) is 0 Å². The van der Waals surface area contributed by atoms with Gasteiger partial charge in [-0.25, -0.2) is 13.8 Å². The molecule has 0 aromatic carbocycles. The topological polar surface area (TPSA) is 107 Å². The maximum Gasteiger partial charge on any atom is 0.408 e. The van der Waals surface area contributed by atoms with Crippen molar-refractivity contribution in [3.63, 3.8) is 0 Å². The number of aliphatic hydroxyl groups is 1. The molecule has 226 valence electrons. The Morgan fingerprint density at radius 1 is 1.17 bits per heavy atom. The number of aliphatic hydroxyl groups excluding tert-OH is 1. The zero-order chi connectivity index (χ0) is 30.1. The fourth-order valence-corrected chi connectivity index (χ4v) is 6.27. The number of hydrogen-bond donors (Lipinski definition) is 3. The highest BCUT2D eigenvalue weighted by Gasteiger charge is 2.45. The standard InChI is InChI=1S/C27H34F5N5O3S/c1-3-20(27(30,31)32)36-21-11-18(24(28)29)19(12-33-21)23(41)22(26(40)37-15-5-6-16(37)8-7-15)34-13(2)25(39)35-14-4-9-17(38)10-14/h11-12,14-17,20,22,24,38H,3-10H2,1-2H3,(H,33,36)(H,35,39)/b34-13+/t14-,15?,16?,17-,20-,22?/m0/s1. The third-order valence-electron chi connectivity index (χ3n) is 8.14. The van der Waals surface area contributed by atoms with E-state index in [1.54, 1.807) is 4.90 Å². The molecule has 3 aliphatic rings. The van der Waals surface area contributed by atoms with E-state index >= 15 is 0 Å². The highest BCUT2D eigenvalue weighted by Crippen LogP contribution is 2.39. The molecule has 3 fully saturated rings. The predicted molar refractivity (Wildman–Crippen MR) is 146 cm³/mol. The Morgan fingerprint density at radius 2 is 1.80 bits per heavy atom. The van der Waals surface area contributed by atoms with E-state index in [0.717, 1.165) is 37.9 Å². The number of rotatable bonds is 10. The quantitative estimate of drug-likeness (QED) is 0.157. The first kappa shape index (κ1) is 31.2. The van der Waals surface area contributed by atoms with Gasteiger partial charge in [-0.2, -0.15) is 13.2 Å². The van der Waals surface area contributed by atoms with Crippen LogP contribution in [0.5, 0.6) is 0 Å². The molecule has 41 heavy (non-hydrogen) atoms. The van der Waals surface area contributed by atoms with Crippen molar-refractivity contribution in [1.82, 2.24) is 15.2 Å². The number of thiocarbonyl (C=S) groups is 1. The van der Waals surface area contributed by atoms with Crippen LogP contribution in [0.2, 0.25) is 0 Å². The van der Waals surface area contributed by atoms with E-state index < -0.39 is 54.0 Å². The summed E-state index contributed by atoms with van der Waals surface area (Å²) in [7, 11) is 0. The van der Waals surface area contributed by atoms with Crippen LogP contribution in [0, 0.1) is 0 Å². The molecule has 2 saturated heterocycles. The number of amides is 2. The minimum Gasteiger partial charge on any atom is -0.393 e. The lowest BCUT2D eigenvalue weighted by molar-refractivity contribution is -0.143. The van der Waals surface area contributed by atoms with E-state index in [2.05, 4.69) is 20.6 Å². The molecule has 0 spiro atoms. The van der Waals surface area contributed by atoms with Gasteiger partial charge in [-0.05, 0) is 64.4 Å². The van der Waals surface area contributed by atoms with Gasteiger partial charge in [0.05, 0.1) is 16.7 Å². The highest BCUT2D eigenvalue weighted by molar-refractivity contribution is 7.81. The van der Waals surface area contributed by atoms with Gasteiger partial charge in [-0.1, -0.05) is 19.1 Å². The second-order valence-electron chi connectivity index (χ2n) is 10.9. The number of alkyl halides is 5. The summed E-state index contributed by atoms with van der Waals surface area (Å²) in [6.07, 6.45) is -3.01. The van der Waals surface area contributed by atoms with E-state index in [1.807, 2.05) is 0 Å². The molecule has 1 saturated carbocycles. The van der Waals surface area contributed by atoms with Gasteiger partial charge in [0.1, 0.15) is 11.9 Å². The molecule has 14 heteroatoms. The third kappa shape index (κ3) is 7.02. The summed E-state index contributed by atoms with van der Waals surface area (Å²) >= 11 is 5.54. The largest absolute Gasteiger partial charge is 0.408 e. The molecule has 1 aromatic heterocycles. The Balaban J connectivity index is 1.65. The fourth-order valence-electron chi connectivity index (χ4n) is 5.95. The average molecular weight is 604 g/mol. The van der Waals surface area contributed by atoms with E-state index in [9.17, 15) is 36.6 Å². The average Bonchev–Trinajstić information content (AvgIpc) is 3.64. The van der Waals surface area contributed by atoms with Gasteiger partial charge in [0.25, 0.3) is 18.2 Å². The normalized spacial score (nSPS) is 25.9. The van der Waals surface area contributed by atoms with Crippen LogP contribution in [0.4, 0.5) is 27.8 Å². The molecule has 2 aliphatic heterocycles. The molecule has 4 atom stereocenters. The van der Waals surface area contributed by atoms with Crippen molar-refractivity contribution in [2.45, 2.75) is 114 Å². The van der Waals surface area contributed by atoms with Crippen molar-refractivity contribution in [3.05, 3.63) is 23.4 Å². The lowest BCUT2D eigenvalue weighted by Gasteiger charge is -2.27. The lowest BCUT2D eigenvalue weighted by Crippen LogP contribution is -2.46. The molecule has 2 bridgehead atoms. The van der Waals surface area contributed by atoms with Crippen molar-refractivity contribution >= 4 is 40.4 Å². The summed E-state index contributed by atoms with van der Waals surface area (Å²) in [6.45, 7) is 2.69. The van der Waals surface area contributed by atoms with Crippen LogP contribution in [0.25, 0.3) is 0 Å². The van der Waals surface area contributed by atoms with Gasteiger partial charge in [-0.3, -0.25) is 14.6 Å². The van der Waals surface area contributed by atoms with Crippen LogP contribution >= 0.6 is 12.2 Å². The Labute approximate surface area is 240 Å². The first-order valence-corrected chi connectivity index (χ1v) is 14.2. The summed E-state index contributed by atoms with van der Waals surface area (Å²) in [4.78, 5) is 36.4. The number of nitrogens with zero attached hydrogens (tertiary/aromatic N) is 3. The van der Waals surface area contributed by atoms with E-state index in [-0.39, 0.29) is 40.7 Å². The monoisotopic (exact) mass is 603 g/mol. The molecule has 1 aromatic rings. The number of hydrogen-bond acceptors (Lipinski definition) is 7. The zero-order valence-corrected chi connectivity index (χ0v) is 23.6. The summed E-state index contributed by atoms with van der Waals surface area (Å²) in [5.74, 6) is -1.48. The second kappa shape index (κ2) is 12.6. The molecular formula is C27H34F5N5O3S.